The smallest absolute Gasteiger partial charge is 0.193 e. The molecular formula is C16H21NO3. The molecule has 0 aliphatic rings. The van der Waals surface area contributed by atoms with Crippen molar-refractivity contribution in [2.45, 2.75) is 33.6 Å². The zero-order chi connectivity index (χ0) is 14.7. The fraction of sp³-hybridized carbons (Fsp3) is 0.438. The second-order valence-electron chi connectivity index (χ2n) is 4.92. The Hall–Kier alpha value is -1.97. The average molecular weight is 275 g/mol. The van der Waals surface area contributed by atoms with E-state index in [0.29, 0.717) is 35.6 Å². The van der Waals surface area contributed by atoms with E-state index >= 15 is 0 Å². The van der Waals surface area contributed by atoms with E-state index < -0.39 is 0 Å². The monoisotopic (exact) mass is 275 g/mol. The van der Waals surface area contributed by atoms with Crippen molar-refractivity contribution in [3.05, 3.63) is 34.1 Å². The van der Waals surface area contributed by atoms with Crippen molar-refractivity contribution in [2.75, 3.05) is 13.2 Å². The number of aromatic amines is 1. The molecule has 0 fully saturated rings. The van der Waals surface area contributed by atoms with Gasteiger partial charge >= 0.3 is 0 Å². The molecule has 0 atom stereocenters. The summed E-state index contributed by atoms with van der Waals surface area (Å²) in [7, 11) is 0. The molecule has 1 N–H and O–H groups in total. The van der Waals surface area contributed by atoms with Crippen LogP contribution in [-0.4, -0.2) is 18.2 Å². The molecule has 1 aromatic heterocycles. The van der Waals surface area contributed by atoms with Gasteiger partial charge in [-0.05, 0) is 31.9 Å². The van der Waals surface area contributed by atoms with Crippen LogP contribution in [0.5, 0.6) is 11.5 Å². The minimum absolute atomic E-state index is 0.0348. The highest BCUT2D eigenvalue weighted by Gasteiger charge is 2.14. The number of fused-ring (bicyclic) bond motifs is 1. The average Bonchev–Trinajstić information content (AvgIpc) is 2.41. The van der Waals surface area contributed by atoms with E-state index in [2.05, 4.69) is 4.98 Å². The van der Waals surface area contributed by atoms with E-state index in [4.69, 9.17) is 9.47 Å². The van der Waals surface area contributed by atoms with Gasteiger partial charge in [-0.25, -0.2) is 0 Å². The number of H-pyrrole nitrogens is 1. The summed E-state index contributed by atoms with van der Waals surface area (Å²) in [6.45, 7) is 8.99. The minimum Gasteiger partial charge on any atom is -0.493 e. The van der Waals surface area contributed by atoms with E-state index in [1.54, 1.807) is 12.1 Å². The number of rotatable bonds is 5. The largest absolute Gasteiger partial charge is 0.493 e. The van der Waals surface area contributed by atoms with Gasteiger partial charge in [-0.1, -0.05) is 13.8 Å². The summed E-state index contributed by atoms with van der Waals surface area (Å²) < 4.78 is 11.2. The van der Waals surface area contributed by atoms with Gasteiger partial charge in [0.05, 0.1) is 24.1 Å². The Morgan fingerprint density at radius 3 is 2.30 bits per heavy atom. The van der Waals surface area contributed by atoms with Crippen molar-refractivity contribution in [2.24, 2.45) is 0 Å². The van der Waals surface area contributed by atoms with Crippen LogP contribution in [0.3, 0.4) is 0 Å². The van der Waals surface area contributed by atoms with Crippen LogP contribution in [-0.2, 0) is 0 Å². The molecular weight excluding hydrogens is 254 g/mol. The van der Waals surface area contributed by atoms with E-state index in [-0.39, 0.29) is 11.3 Å². The van der Waals surface area contributed by atoms with Gasteiger partial charge < -0.3 is 14.5 Å². The highest BCUT2D eigenvalue weighted by Crippen LogP contribution is 2.30. The summed E-state index contributed by atoms with van der Waals surface area (Å²) in [4.78, 5) is 15.7. The summed E-state index contributed by atoms with van der Waals surface area (Å²) in [5.74, 6) is 1.53. The third-order valence-electron chi connectivity index (χ3n) is 3.15. The summed E-state index contributed by atoms with van der Waals surface area (Å²) in [5, 5.41) is 0.558. The first-order valence-electron chi connectivity index (χ1n) is 7.04. The van der Waals surface area contributed by atoms with Crippen LogP contribution in [0.15, 0.2) is 23.0 Å². The number of hydrogen-bond acceptors (Lipinski definition) is 3. The Bertz CT molecular complexity index is 659. The first-order valence-corrected chi connectivity index (χ1v) is 7.04. The Balaban J connectivity index is 2.77. The lowest BCUT2D eigenvalue weighted by atomic mass is 10.1. The number of pyridine rings is 1. The highest BCUT2D eigenvalue weighted by molar-refractivity contribution is 5.90. The van der Waals surface area contributed by atoms with Crippen LogP contribution in [0.25, 0.3) is 10.9 Å². The van der Waals surface area contributed by atoms with Crippen LogP contribution in [0.2, 0.25) is 0 Å². The molecule has 1 heterocycles. The molecule has 1 aromatic carbocycles. The maximum atomic E-state index is 12.4. The van der Waals surface area contributed by atoms with Crippen LogP contribution in [0.4, 0.5) is 0 Å². The summed E-state index contributed by atoms with van der Waals surface area (Å²) in [6, 6.07) is 5.28. The topological polar surface area (TPSA) is 51.3 Å². The standard InChI is InChI=1S/C16H21NO3/c1-5-19-13-7-8-14(20-6-2)16-15(13)12(18)9-11(17-16)10(3)4/h7-10H,5-6H2,1-4H3,(H,17,18). The molecule has 0 radical (unpaired) electrons. The van der Waals surface area contributed by atoms with Crippen LogP contribution < -0.4 is 14.9 Å². The Morgan fingerprint density at radius 2 is 1.70 bits per heavy atom. The third-order valence-corrected chi connectivity index (χ3v) is 3.15. The molecule has 0 aliphatic carbocycles. The maximum Gasteiger partial charge on any atom is 0.193 e. The van der Waals surface area contributed by atoms with E-state index in [0.717, 1.165) is 5.69 Å². The predicted octanol–water partition coefficient (Wildman–Crippen LogP) is 3.45. The van der Waals surface area contributed by atoms with Crippen LogP contribution >= 0.6 is 0 Å². The van der Waals surface area contributed by atoms with Gasteiger partial charge in [0.25, 0.3) is 0 Å². The second-order valence-corrected chi connectivity index (χ2v) is 4.92. The quantitative estimate of drug-likeness (QED) is 0.909. The van der Waals surface area contributed by atoms with Crippen molar-refractivity contribution < 1.29 is 9.47 Å². The van der Waals surface area contributed by atoms with Gasteiger partial charge in [-0.3, -0.25) is 4.79 Å². The first kappa shape index (κ1) is 14.4. The number of ether oxygens (including phenoxy) is 2. The molecule has 0 amide bonds. The number of nitrogens with one attached hydrogen (secondary N) is 1. The van der Waals surface area contributed by atoms with E-state index in [1.807, 2.05) is 33.8 Å². The van der Waals surface area contributed by atoms with Crippen molar-refractivity contribution in [3.63, 3.8) is 0 Å². The fourth-order valence-corrected chi connectivity index (χ4v) is 2.19. The molecule has 0 saturated heterocycles. The van der Waals surface area contributed by atoms with Gasteiger partial charge in [0.1, 0.15) is 11.5 Å². The lowest BCUT2D eigenvalue weighted by molar-refractivity contribution is 0.336. The number of benzene rings is 1. The summed E-state index contributed by atoms with van der Waals surface area (Å²) >= 11 is 0. The zero-order valence-electron chi connectivity index (χ0n) is 12.4. The normalized spacial score (nSPS) is 11.1. The van der Waals surface area contributed by atoms with Crippen LogP contribution in [0, 0.1) is 0 Å². The van der Waals surface area contributed by atoms with Crippen molar-refractivity contribution in [1.29, 1.82) is 0 Å². The van der Waals surface area contributed by atoms with E-state index in [1.165, 1.54) is 0 Å². The Labute approximate surface area is 118 Å². The molecule has 0 aliphatic heterocycles. The van der Waals surface area contributed by atoms with Gasteiger partial charge in [0.2, 0.25) is 0 Å². The highest BCUT2D eigenvalue weighted by atomic mass is 16.5. The summed E-state index contributed by atoms with van der Waals surface area (Å²) in [5.41, 5.74) is 1.58. The molecule has 0 saturated carbocycles. The van der Waals surface area contributed by atoms with E-state index in [9.17, 15) is 4.79 Å². The zero-order valence-corrected chi connectivity index (χ0v) is 12.4. The van der Waals surface area contributed by atoms with Gasteiger partial charge in [-0.15, -0.1) is 0 Å². The molecule has 20 heavy (non-hydrogen) atoms. The molecule has 2 aromatic rings. The molecule has 108 valence electrons. The first-order chi connectivity index (χ1) is 9.58. The lowest BCUT2D eigenvalue weighted by Crippen LogP contribution is -2.09. The Morgan fingerprint density at radius 1 is 1.10 bits per heavy atom. The number of aromatic nitrogens is 1. The van der Waals surface area contributed by atoms with Crippen molar-refractivity contribution in [3.8, 4) is 11.5 Å². The molecule has 0 unspecified atom stereocenters. The number of hydrogen-bond donors (Lipinski definition) is 1. The molecule has 2 rings (SSSR count). The maximum absolute atomic E-state index is 12.4. The third kappa shape index (κ3) is 2.64. The lowest BCUT2D eigenvalue weighted by Gasteiger charge is -2.14. The SMILES string of the molecule is CCOc1ccc(OCC)c2c(=O)cc(C(C)C)[nH]c12. The summed E-state index contributed by atoms with van der Waals surface area (Å²) in [6.07, 6.45) is 0. The second kappa shape index (κ2) is 5.99. The molecule has 4 nitrogen and oxygen atoms in total. The Kier molecular flexibility index (Phi) is 4.32. The van der Waals surface area contributed by atoms with Gasteiger partial charge in [0.15, 0.2) is 5.43 Å². The van der Waals surface area contributed by atoms with Crippen molar-refractivity contribution >= 4 is 10.9 Å². The molecule has 4 heteroatoms. The van der Waals surface area contributed by atoms with Gasteiger partial charge in [-0.2, -0.15) is 0 Å². The van der Waals surface area contributed by atoms with Crippen molar-refractivity contribution in [1.82, 2.24) is 4.98 Å². The predicted molar refractivity (Wildman–Crippen MR) is 81.0 cm³/mol. The van der Waals surface area contributed by atoms with Gasteiger partial charge in [0, 0.05) is 11.8 Å². The fourth-order valence-electron chi connectivity index (χ4n) is 2.19. The van der Waals surface area contributed by atoms with Crippen LogP contribution in [0.1, 0.15) is 39.3 Å². The molecule has 0 spiro atoms. The molecule has 0 bridgehead atoms. The minimum atomic E-state index is -0.0348.